The van der Waals surface area contributed by atoms with Crippen LogP contribution in [0.25, 0.3) is 0 Å². The zero-order chi connectivity index (χ0) is 19.0. The van der Waals surface area contributed by atoms with E-state index in [1.54, 1.807) is 0 Å². The fraction of sp³-hybridized carbons (Fsp3) is 0.167. The van der Waals surface area contributed by atoms with Crippen molar-refractivity contribution >= 4 is 21.7 Å². The highest BCUT2D eigenvalue weighted by Crippen LogP contribution is 2.34. The Balaban J connectivity index is 2.49. The van der Waals surface area contributed by atoms with Crippen LogP contribution >= 0.6 is 0 Å². The first-order chi connectivity index (χ1) is 11.3. The molecule has 1 heterocycles. The molecule has 0 spiro atoms. The lowest BCUT2D eigenvalue weighted by Crippen LogP contribution is -2.20. The molecule has 1 aromatic heterocycles. The highest BCUT2D eigenvalue weighted by atomic mass is 32.2. The summed E-state index contributed by atoms with van der Waals surface area (Å²) in [4.78, 5) is 5.14. The van der Waals surface area contributed by atoms with Gasteiger partial charge < -0.3 is 5.73 Å². The Hall–Kier alpha value is -2.57. The van der Waals surface area contributed by atoms with Crippen LogP contribution in [0.15, 0.2) is 35.2 Å². The van der Waals surface area contributed by atoms with E-state index in [-0.39, 0.29) is 11.8 Å². The van der Waals surface area contributed by atoms with Crippen LogP contribution in [0.1, 0.15) is 11.4 Å². The summed E-state index contributed by atoms with van der Waals surface area (Å²) in [5.41, 5.74) is 1.69. The third-order valence-corrected chi connectivity index (χ3v) is 4.07. The van der Waals surface area contributed by atoms with Gasteiger partial charge in [0.05, 0.1) is 4.90 Å². The molecule has 6 nitrogen and oxygen atoms in total. The van der Waals surface area contributed by atoms with E-state index in [2.05, 4.69) is 9.97 Å². The Morgan fingerprint density at radius 2 is 1.32 bits per heavy atom. The molecule has 13 heteroatoms. The largest absolute Gasteiger partial charge is 0.433 e. The lowest BCUT2D eigenvalue weighted by atomic mass is 10.3. The van der Waals surface area contributed by atoms with Crippen molar-refractivity contribution in [3.63, 3.8) is 0 Å². The van der Waals surface area contributed by atoms with Gasteiger partial charge in [0.1, 0.15) is 0 Å². The number of anilines is 2. The molecule has 0 saturated carbocycles. The standard InChI is InChI=1S/C12H8F6N4O2S/c13-11(14,15)8-5-9(12(16,17)18)21-10(20-8)22-25(23,24)7-3-1-6(19)2-4-7/h1-5H,19H2,(H,20,21,22). The van der Waals surface area contributed by atoms with Gasteiger partial charge in [0, 0.05) is 5.69 Å². The molecule has 1 aromatic carbocycles. The molecular weight excluding hydrogens is 378 g/mol. The first kappa shape index (κ1) is 18.8. The molecule has 0 unspecified atom stereocenters. The van der Waals surface area contributed by atoms with E-state index in [0.717, 1.165) is 12.1 Å². The summed E-state index contributed by atoms with van der Waals surface area (Å²) < 4.78 is 102. The molecule has 0 saturated heterocycles. The molecule has 2 aromatic rings. The molecule has 0 radical (unpaired) electrons. The second-order valence-corrected chi connectivity index (χ2v) is 6.31. The molecule has 3 N–H and O–H groups in total. The third kappa shape index (κ3) is 4.49. The van der Waals surface area contributed by atoms with Gasteiger partial charge in [-0.15, -0.1) is 0 Å². The second kappa shape index (κ2) is 6.06. The van der Waals surface area contributed by atoms with Gasteiger partial charge in [0.25, 0.3) is 10.0 Å². The molecule has 0 amide bonds. The van der Waals surface area contributed by atoms with Crippen LogP contribution in [0.5, 0.6) is 0 Å². The summed E-state index contributed by atoms with van der Waals surface area (Å²) in [5, 5.41) is 0. The Morgan fingerprint density at radius 1 is 0.880 bits per heavy atom. The predicted molar refractivity (Wildman–Crippen MR) is 73.7 cm³/mol. The third-order valence-electron chi connectivity index (χ3n) is 2.72. The first-order valence-electron chi connectivity index (χ1n) is 6.21. The lowest BCUT2D eigenvalue weighted by molar-refractivity contribution is -0.147. The van der Waals surface area contributed by atoms with Crippen LogP contribution < -0.4 is 10.5 Å². The number of nitrogens with zero attached hydrogens (tertiary/aromatic N) is 2. The maximum atomic E-state index is 12.7. The van der Waals surface area contributed by atoms with Gasteiger partial charge in [-0.2, -0.15) is 26.3 Å². The normalized spacial score (nSPS) is 12.9. The summed E-state index contributed by atoms with van der Waals surface area (Å²) in [6, 6.07) is 4.07. The molecule has 25 heavy (non-hydrogen) atoms. The van der Waals surface area contributed by atoms with E-state index in [4.69, 9.17) is 5.73 Å². The Bertz CT molecular complexity index is 846. The number of aromatic nitrogens is 2. The first-order valence-corrected chi connectivity index (χ1v) is 7.69. The van der Waals surface area contributed by atoms with Crippen LogP contribution in [0.3, 0.4) is 0 Å². The van der Waals surface area contributed by atoms with Crippen LogP contribution in [0, 0.1) is 0 Å². The summed E-state index contributed by atoms with van der Waals surface area (Å²) >= 11 is 0. The zero-order valence-corrected chi connectivity index (χ0v) is 12.7. The van der Waals surface area contributed by atoms with Crippen molar-refractivity contribution in [1.82, 2.24) is 9.97 Å². The molecular formula is C12H8F6N4O2S. The van der Waals surface area contributed by atoms with Gasteiger partial charge in [-0.05, 0) is 30.3 Å². The summed E-state index contributed by atoms with van der Waals surface area (Å²) in [6.07, 6.45) is -10.5. The molecule has 0 bridgehead atoms. The van der Waals surface area contributed by atoms with Gasteiger partial charge in [-0.3, -0.25) is 0 Å². The summed E-state index contributed by atoms with van der Waals surface area (Å²) in [6.45, 7) is 0. The maximum Gasteiger partial charge on any atom is 0.433 e. The number of sulfonamides is 1. The van der Waals surface area contributed by atoms with E-state index < -0.39 is 44.6 Å². The number of halogens is 6. The fourth-order valence-corrected chi connectivity index (χ4v) is 2.55. The lowest BCUT2D eigenvalue weighted by Gasteiger charge is -2.13. The zero-order valence-electron chi connectivity index (χ0n) is 11.9. The predicted octanol–water partition coefficient (Wildman–Crippen LogP) is 2.90. The van der Waals surface area contributed by atoms with Crippen LogP contribution in [-0.2, 0) is 22.4 Å². The number of nitrogens with one attached hydrogen (secondary N) is 1. The summed E-state index contributed by atoms with van der Waals surface area (Å²) in [7, 11) is -4.52. The topological polar surface area (TPSA) is 98.0 Å². The van der Waals surface area contributed by atoms with E-state index in [9.17, 15) is 34.8 Å². The van der Waals surface area contributed by atoms with Crippen LogP contribution in [0.4, 0.5) is 38.0 Å². The fourth-order valence-electron chi connectivity index (χ4n) is 1.61. The van der Waals surface area contributed by atoms with Gasteiger partial charge in [0.15, 0.2) is 11.4 Å². The van der Waals surface area contributed by atoms with Gasteiger partial charge >= 0.3 is 12.4 Å². The van der Waals surface area contributed by atoms with Crippen molar-refractivity contribution in [2.75, 3.05) is 10.5 Å². The van der Waals surface area contributed by atoms with Crippen LogP contribution in [-0.4, -0.2) is 18.4 Å². The number of benzene rings is 1. The molecule has 0 atom stereocenters. The van der Waals surface area contributed by atoms with Crippen LogP contribution in [0.2, 0.25) is 0 Å². The Morgan fingerprint density at radius 3 is 1.72 bits per heavy atom. The number of nitrogen functional groups attached to an aromatic ring is 1. The number of hydrogen-bond donors (Lipinski definition) is 2. The van der Waals surface area contributed by atoms with Gasteiger partial charge in [-0.25, -0.2) is 23.1 Å². The SMILES string of the molecule is Nc1ccc(S(=O)(=O)Nc2nc(C(F)(F)F)cc(C(F)(F)F)n2)cc1. The molecule has 2 rings (SSSR count). The average molecular weight is 386 g/mol. The molecule has 136 valence electrons. The monoisotopic (exact) mass is 386 g/mol. The van der Waals surface area contributed by atoms with Crippen molar-refractivity contribution in [2.45, 2.75) is 17.2 Å². The Kier molecular flexibility index (Phi) is 4.55. The number of hydrogen-bond acceptors (Lipinski definition) is 5. The number of alkyl halides is 6. The van der Waals surface area contributed by atoms with Crippen molar-refractivity contribution < 1.29 is 34.8 Å². The quantitative estimate of drug-likeness (QED) is 0.625. The smallest absolute Gasteiger partial charge is 0.399 e. The van der Waals surface area contributed by atoms with Crippen molar-refractivity contribution in [1.29, 1.82) is 0 Å². The van der Waals surface area contributed by atoms with E-state index in [1.807, 2.05) is 0 Å². The van der Waals surface area contributed by atoms with Gasteiger partial charge in [-0.1, -0.05) is 0 Å². The second-order valence-electron chi connectivity index (χ2n) is 4.63. The average Bonchev–Trinajstić information content (AvgIpc) is 2.45. The molecule has 0 aliphatic carbocycles. The van der Waals surface area contributed by atoms with E-state index in [1.165, 1.54) is 16.9 Å². The minimum absolute atomic E-state index is 0.202. The van der Waals surface area contributed by atoms with E-state index in [0.29, 0.717) is 0 Å². The minimum Gasteiger partial charge on any atom is -0.399 e. The van der Waals surface area contributed by atoms with Crippen molar-refractivity contribution in [3.8, 4) is 0 Å². The number of rotatable bonds is 3. The highest BCUT2D eigenvalue weighted by molar-refractivity contribution is 7.92. The molecule has 0 fully saturated rings. The van der Waals surface area contributed by atoms with E-state index >= 15 is 0 Å². The number of nitrogens with two attached hydrogens (primary N) is 1. The minimum atomic E-state index is -5.23. The Labute approximate surface area is 136 Å². The maximum absolute atomic E-state index is 12.7. The highest BCUT2D eigenvalue weighted by Gasteiger charge is 2.40. The molecule has 0 aliphatic rings. The van der Waals surface area contributed by atoms with Crippen molar-refractivity contribution in [3.05, 3.63) is 41.7 Å². The molecule has 0 aliphatic heterocycles. The van der Waals surface area contributed by atoms with Crippen molar-refractivity contribution in [2.24, 2.45) is 0 Å². The summed E-state index contributed by atoms with van der Waals surface area (Å²) in [5.74, 6) is -1.36. The van der Waals surface area contributed by atoms with Gasteiger partial charge in [0.2, 0.25) is 5.95 Å².